The molecule has 1 unspecified atom stereocenters. The van der Waals surface area contributed by atoms with Gasteiger partial charge in [-0.1, -0.05) is 19.1 Å². The molecule has 0 aliphatic rings. The number of rotatable bonds is 7. The Kier molecular flexibility index (Phi) is 6.04. The summed E-state index contributed by atoms with van der Waals surface area (Å²) in [5.74, 6) is -0.208. The van der Waals surface area contributed by atoms with Gasteiger partial charge in [-0.05, 0) is 37.6 Å². The van der Waals surface area contributed by atoms with Gasteiger partial charge in [0.25, 0.3) is 0 Å². The molecule has 1 aromatic rings. The van der Waals surface area contributed by atoms with Crippen LogP contribution in [0.2, 0.25) is 0 Å². The number of hydrogen-bond acceptors (Lipinski definition) is 2. The van der Waals surface area contributed by atoms with Crippen LogP contribution in [0.3, 0.4) is 0 Å². The predicted octanol–water partition coefficient (Wildman–Crippen LogP) is 2.90. The number of halogens is 1. The highest BCUT2D eigenvalue weighted by Crippen LogP contribution is 2.16. The van der Waals surface area contributed by atoms with Crippen molar-refractivity contribution >= 4 is 0 Å². The van der Waals surface area contributed by atoms with Gasteiger partial charge >= 0.3 is 0 Å². The van der Waals surface area contributed by atoms with Gasteiger partial charge in [0.2, 0.25) is 0 Å². The Morgan fingerprint density at radius 3 is 2.50 bits per heavy atom. The highest BCUT2D eigenvalue weighted by atomic mass is 19.1. The minimum absolute atomic E-state index is 0.0112. The molecule has 0 saturated heterocycles. The van der Waals surface area contributed by atoms with E-state index in [0.717, 1.165) is 25.1 Å². The first-order chi connectivity index (χ1) is 7.77. The van der Waals surface area contributed by atoms with E-state index in [9.17, 15) is 4.39 Å². The van der Waals surface area contributed by atoms with Crippen LogP contribution in [0.5, 0.6) is 0 Å². The molecule has 90 valence electrons. The van der Waals surface area contributed by atoms with Gasteiger partial charge < -0.3 is 10.1 Å². The van der Waals surface area contributed by atoms with Crippen molar-refractivity contribution in [3.8, 4) is 0 Å². The molecule has 1 atom stereocenters. The quantitative estimate of drug-likeness (QED) is 0.720. The average Bonchev–Trinajstić information content (AvgIpc) is 2.29. The van der Waals surface area contributed by atoms with Crippen molar-refractivity contribution in [3.05, 3.63) is 35.6 Å². The Labute approximate surface area is 96.8 Å². The monoisotopic (exact) mass is 225 g/mol. The van der Waals surface area contributed by atoms with Gasteiger partial charge in [-0.15, -0.1) is 0 Å². The summed E-state index contributed by atoms with van der Waals surface area (Å²) in [5, 5.41) is 3.31. The van der Waals surface area contributed by atoms with E-state index < -0.39 is 0 Å². The van der Waals surface area contributed by atoms with Crippen molar-refractivity contribution in [2.75, 3.05) is 19.7 Å². The zero-order valence-electron chi connectivity index (χ0n) is 10.0. The maximum atomic E-state index is 12.8. The number of ether oxygens (including phenoxy) is 1. The Hall–Kier alpha value is -0.930. The fraction of sp³-hybridized carbons (Fsp3) is 0.538. The second kappa shape index (κ2) is 7.36. The molecule has 2 nitrogen and oxygen atoms in total. The van der Waals surface area contributed by atoms with Crippen molar-refractivity contribution in [1.82, 2.24) is 5.32 Å². The third kappa shape index (κ3) is 4.29. The van der Waals surface area contributed by atoms with Gasteiger partial charge in [0.15, 0.2) is 0 Å². The Morgan fingerprint density at radius 1 is 1.25 bits per heavy atom. The van der Waals surface area contributed by atoms with Crippen LogP contribution in [0.15, 0.2) is 24.3 Å². The third-order valence-electron chi connectivity index (χ3n) is 2.37. The Balaban J connectivity index is 2.57. The number of benzene rings is 1. The van der Waals surface area contributed by atoms with E-state index in [-0.39, 0.29) is 11.9 Å². The third-order valence-corrected chi connectivity index (χ3v) is 2.37. The molecule has 0 amide bonds. The minimum atomic E-state index is -0.208. The molecule has 0 saturated carbocycles. The first-order valence-corrected chi connectivity index (χ1v) is 5.85. The summed E-state index contributed by atoms with van der Waals surface area (Å²) < 4.78 is 18.4. The standard InChI is InChI=1S/C13H20FNO/c1-3-9-15-10-13(16-4-2)11-5-7-12(14)8-6-11/h5-8,13,15H,3-4,9-10H2,1-2H3. The first kappa shape index (κ1) is 13.1. The van der Waals surface area contributed by atoms with Crippen LogP contribution in [-0.2, 0) is 4.74 Å². The van der Waals surface area contributed by atoms with E-state index in [4.69, 9.17) is 4.74 Å². The molecular formula is C13H20FNO. The largest absolute Gasteiger partial charge is 0.372 e. The molecule has 1 aromatic carbocycles. The van der Waals surface area contributed by atoms with E-state index in [0.29, 0.717) is 6.61 Å². The lowest BCUT2D eigenvalue weighted by Crippen LogP contribution is -2.24. The summed E-state index contributed by atoms with van der Waals surface area (Å²) in [6.45, 7) is 6.50. The van der Waals surface area contributed by atoms with Crippen LogP contribution in [0.4, 0.5) is 4.39 Å². The summed E-state index contributed by atoms with van der Waals surface area (Å²) >= 11 is 0. The first-order valence-electron chi connectivity index (χ1n) is 5.85. The van der Waals surface area contributed by atoms with Crippen LogP contribution in [0.25, 0.3) is 0 Å². The molecule has 3 heteroatoms. The summed E-state index contributed by atoms with van der Waals surface area (Å²) in [4.78, 5) is 0. The van der Waals surface area contributed by atoms with Crippen LogP contribution < -0.4 is 5.32 Å². The van der Waals surface area contributed by atoms with Gasteiger partial charge in [0.1, 0.15) is 5.82 Å². The van der Waals surface area contributed by atoms with Crippen molar-refractivity contribution in [2.45, 2.75) is 26.4 Å². The molecular weight excluding hydrogens is 205 g/mol. The summed E-state index contributed by atoms with van der Waals surface area (Å²) in [6.07, 6.45) is 1.11. The highest BCUT2D eigenvalue weighted by Gasteiger charge is 2.10. The van der Waals surface area contributed by atoms with Crippen LogP contribution in [-0.4, -0.2) is 19.7 Å². The highest BCUT2D eigenvalue weighted by molar-refractivity contribution is 5.19. The maximum Gasteiger partial charge on any atom is 0.123 e. The summed E-state index contributed by atoms with van der Waals surface area (Å²) in [6, 6.07) is 6.51. The van der Waals surface area contributed by atoms with Crippen molar-refractivity contribution in [2.24, 2.45) is 0 Å². The van der Waals surface area contributed by atoms with Crippen molar-refractivity contribution in [3.63, 3.8) is 0 Å². The molecule has 0 radical (unpaired) electrons. The van der Waals surface area contributed by atoms with E-state index >= 15 is 0 Å². The lowest BCUT2D eigenvalue weighted by molar-refractivity contribution is 0.0624. The molecule has 0 aromatic heterocycles. The Morgan fingerprint density at radius 2 is 1.94 bits per heavy atom. The van der Waals surface area contributed by atoms with Crippen LogP contribution in [0.1, 0.15) is 31.9 Å². The minimum Gasteiger partial charge on any atom is -0.372 e. The second-order valence-corrected chi connectivity index (χ2v) is 3.70. The van der Waals surface area contributed by atoms with Crippen LogP contribution in [0, 0.1) is 5.82 Å². The lowest BCUT2D eigenvalue weighted by Gasteiger charge is -2.18. The van der Waals surface area contributed by atoms with E-state index in [2.05, 4.69) is 12.2 Å². The zero-order chi connectivity index (χ0) is 11.8. The van der Waals surface area contributed by atoms with Crippen molar-refractivity contribution < 1.29 is 9.13 Å². The van der Waals surface area contributed by atoms with Crippen molar-refractivity contribution in [1.29, 1.82) is 0 Å². The SMILES string of the molecule is CCCNCC(OCC)c1ccc(F)cc1. The van der Waals surface area contributed by atoms with Gasteiger partial charge in [-0.2, -0.15) is 0 Å². The van der Waals surface area contributed by atoms with E-state index in [1.54, 1.807) is 12.1 Å². The zero-order valence-corrected chi connectivity index (χ0v) is 10.0. The average molecular weight is 225 g/mol. The topological polar surface area (TPSA) is 21.3 Å². The number of nitrogens with one attached hydrogen (secondary N) is 1. The summed E-state index contributed by atoms with van der Waals surface area (Å²) in [5.41, 5.74) is 1.02. The number of hydrogen-bond donors (Lipinski definition) is 1. The fourth-order valence-corrected chi connectivity index (χ4v) is 1.56. The normalized spacial score (nSPS) is 12.7. The molecule has 16 heavy (non-hydrogen) atoms. The fourth-order valence-electron chi connectivity index (χ4n) is 1.56. The van der Waals surface area contributed by atoms with Gasteiger partial charge in [0.05, 0.1) is 6.10 Å². The molecule has 0 heterocycles. The van der Waals surface area contributed by atoms with Crippen LogP contribution >= 0.6 is 0 Å². The Bertz CT molecular complexity index is 286. The van der Waals surface area contributed by atoms with Gasteiger partial charge in [0, 0.05) is 13.2 Å². The summed E-state index contributed by atoms with van der Waals surface area (Å²) in [7, 11) is 0. The molecule has 0 aliphatic carbocycles. The second-order valence-electron chi connectivity index (χ2n) is 3.70. The molecule has 1 rings (SSSR count). The van der Waals surface area contributed by atoms with E-state index in [1.807, 2.05) is 6.92 Å². The smallest absolute Gasteiger partial charge is 0.123 e. The van der Waals surface area contributed by atoms with Gasteiger partial charge in [-0.3, -0.25) is 0 Å². The van der Waals surface area contributed by atoms with Gasteiger partial charge in [-0.25, -0.2) is 4.39 Å². The lowest BCUT2D eigenvalue weighted by atomic mass is 10.1. The predicted molar refractivity (Wildman–Crippen MR) is 63.9 cm³/mol. The molecule has 0 spiro atoms. The molecule has 1 N–H and O–H groups in total. The van der Waals surface area contributed by atoms with E-state index in [1.165, 1.54) is 12.1 Å². The molecule has 0 fully saturated rings. The molecule has 0 aliphatic heterocycles. The maximum absolute atomic E-state index is 12.8. The molecule has 0 bridgehead atoms.